The van der Waals surface area contributed by atoms with Crippen molar-refractivity contribution in [1.29, 1.82) is 0 Å². The van der Waals surface area contributed by atoms with Crippen molar-refractivity contribution in [3.63, 3.8) is 0 Å². The van der Waals surface area contributed by atoms with Gasteiger partial charge in [0.2, 0.25) is 5.91 Å². The van der Waals surface area contributed by atoms with Crippen LogP contribution in [0.5, 0.6) is 0 Å². The van der Waals surface area contributed by atoms with E-state index in [1.54, 1.807) is 13.1 Å². The van der Waals surface area contributed by atoms with Crippen molar-refractivity contribution in [3.05, 3.63) is 53.6 Å². The fraction of sp³-hybridized carbons (Fsp3) is 0.400. The molecule has 0 bridgehead atoms. The molecule has 0 aliphatic carbocycles. The number of hydrogen-bond donors (Lipinski definition) is 1. The Balaban J connectivity index is 1.65. The highest BCUT2D eigenvalue weighted by atomic mass is 16.2. The number of aryl methyl sites for hydroxylation is 1. The fourth-order valence-corrected chi connectivity index (χ4v) is 3.63. The lowest BCUT2D eigenvalue weighted by molar-refractivity contribution is -0.130. The van der Waals surface area contributed by atoms with Crippen LogP contribution in [0.1, 0.15) is 42.5 Å². The monoisotopic (exact) mass is 364 g/mol. The van der Waals surface area contributed by atoms with E-state index in [9.17, 15) is 4.79 Å². The Morgan fingerprint density at radius 1 is 1.37 bits per heavy atom. The van der Waals surface area contributed by atoms with E-state index in [-0.39, 0.29) is 11.8 Å². The summed E-state index contributed by atoms with van der Waals surface area (Å²) >= 11 is 0. The normalized spacial score (nSPS) is 17.3. The highest BCUT2D eigenvalue weighted by Gasteiger charge is 2.25. The lowest BCUT2D eigenvalue weighted by Crippen LogP contribution is -2.37. The van der Waals surface area contributed by atoms with Crippen molar-refractivity contribution in [2.45, 2.75) is 39.2 Å². The summed E-state index contributed by atoms with van der Waals surface area (Å²) in [6, 6.07) is 6.05. The molecule has 1 fully saturated rings. The van der Waals surface area contributed by atoms with Gasteiger partial charge in [-0.25, -0.2) is 4.98 Å². The Bertz CT molecular complexity index is 952. The van der Waals surface area contributed by atoms with E-state index < -0.39 is 0 Å². The van der Waals surface area contributed by atoms with Crippen LogP contribution < -0.4 is 5.32 Å². The molecule has 0 saturated carbocycles. The second kappa shape index (κ2) is 7.34. The topological polar surface area (TPSA) is 75.4 Å². The number of piperidine rings is 1. The van der Waals surface area contributed by atoms with Gasteiger partial charge in [-0.2, -0.15) is 9.61 Å². The maximum absolute atomic E-state index is 11.8. The molecule has 1 N–H and O–H groups in total. The minimum absolute atomic E-state index is 0.135. The molecule has 3 aromatic rings. The minimum Gasteiger partial charge on any atom is -0.366 e. The number of carbonyl (C=O) groups is 1. The van der Waals surface area contributed by atoms with E-state index in [1.165, 1.54) is 0 Å². The second-order valence-electron chi connectivity index (χ2n) is 7.15. The first kappa shape index (κ1) is 17.5. The number of amides is 1. The van der Waals surface area contributed by atoms with Crippen LogP contribution in [0, 0.1) is 6.92 Å². The van der Waals surface area contributed by atoms with Gasteiger partial charge in [-0.3, -0.25) is 9.78 Å². The number of pyridine rings is 1. The van der Waals surface area contributed by atoms with Gasteiger partial charge in [-0.1, -0.05) is 6.07 Å². The van der Waals surface area contributed by atoms with Gasteiger partial charge < -0.3 is 10.2 Å². The lowest BCUT2D eigenvalue weighted by Gasteiger charge is -2.32. The highest BCUT2D eigenvalue weighted by Crippen LogP contribution is 2.28. The molecule has 0 spiro atoms. The van der Waals surface area contributed by atoms with Gasteiger partial charge in [0.25, 0.3) is 0 Å². The average Bonchev–Trinajstić information content (AvgIpc) is 3.08. The van der Waals surface area contributed by atoms with Gasteiger partial charge in [-0.05, 0) is 31.4 Å². The summed E-state index contributed by atoms with van der Waals surface area (Å²) in [6.45, 7) is 5.89. The summed E-state index contributed by atoms with van der Waals surface area (Å²) in [5.41, 5.74) is 4.03. The van der Waals surface area contributed by atoms with Crippen molar-refractivity contribution >= 4 is 17.4 Å². The quantitative estimate of drug-likeness (QED) is 0.770. The molecular formula is C20H24N6O. The van der Waals surface area contributed by atoms with Gasteiger partial charge in [0.15, 0.2) is 5.65 Å². The zero-order valence-corrected chi connectivity index (χ0v) is 15.7. The standard InChI is InChI=1S/C20H24N6O/c1-14-10-23-26-19(22-12-16-5-3-7-21-11-16)9-18(24-20(14)26)17-6-4-8-25(13-17)15(2)27/h3,5,7,9-11,17,22H,4,6,8,12-13H2,1-2H3. The molecule has 27 heavy (non-hydrogen) atoms. The molecule has 140 valence electrons. The van der Waals surface area contributed by atoms with Crippen molar-refractivity contribution in [1.82, 2.24) is 24.5 Å². The van der Waals surface area contributed by atoms with E-state index in [0.717, 1.165) is 54.2 Å². The SMILES string of the molecule is CC(=O)N1CCCC(c2cc(NCc3cccnc3)n3ncc(C)c3n2)C1. The Labute approximate surface area is 158 Å². The minimum atomic E-state index is 0.135. The van der Waals surface area contributed by atoms with Gasteiger partial charge in [0, 0.05) is 56.5 Å². The van der Waals surface area contributed by atoms with Crippen LogP contribution in [0.4, 0.5) is 5.82 Å². The Hall–Kier alpha value is -2.96. The van der Waals surface area contributed by atoms with Crippen LogP contribution in [-0.4, -0.2) is 43.5 Å². The molecule has 1 aliphatic rings. The average molecular weight is 364 g/mol. The largest absolute Gasteiger partial charge is 0.366 e. The van der Waals surface area contributed by atoms with Crippen LogP contribution >= 0.6 is 0 Å². The maximum Gasteiger partial charge on any atom is 0.219 e. The third-order valence-corrected chi connectivity index (χ3v) is 5.15. The molecule has 3 aromatic heterocycles. The summed E-state index contributed by atoms with van der Waals surface area (Å²) in [4.78, 5) is 22.8. The predicted octanol–water partition coefficient (Wildman–Crippen LogP) is 2.77. The number of hydrogen-bond acceptors (Lipinski definition) is 5. The number of nitrogens with one attached hydrogen (secondary N) is 1. The summed E-state index contributed by atoms with van der Waals surface area (Å²) in [7, 11) is 0. The number of carbonyl (C=O) groups excluding carboxylic acids is 1. The Morgan fingerprint density at radius 2 is 2.26 bits per heavy atom. The molecule has 0 aromatic carbocycles. The summed E-state index contributed by atoms with van der Waals surface area (Å²) in [6.07, 6.45) is 7.51. The molecule has 1 aliphatic heterocycles. The molecular weight excluding hydrogens is 340 g/mol. The molecule has 1 saturated heterocycles. The first-order valence-electron chi connectivity index (χ1n) is 9.35. The molecule has 4 heterocycles. The molecule has 7 nitrogen and oxygen atoms in total. The molecule has 1 amide bonds. The molecule has 1 atom stereocenters. The maximum atomic E-state index is 11.8. The van der Waals surface area contributed by atoms with Crippen molar-refractivity contribution in [3.8, 4) is 0 Å². The first-order valence-corrected chi connectivity index (χ1v) is 9.35. The zero-order valence-electron chi connectivity index (χ0n) is 15.7. The number of rotatable bonds is 4. The summed E-state index contributed by atoms with van der Waals surface area (Å²) in [5, 5.41) is 7.94. The lowest BCUT2D eigenvalue weighted by atomic mass is 9.94. The van der Waals surface area contributed by atoms with E-state index in [0.29, 0.717) is 6.54 Å². The van der Waals surface area contributed by atoms with Crippen molar-refractivity contribution < 1.29 is 4.79 Å². The van der Waals surface area contributed by atoms with Crippen LogP contribution in [-0.2, 0) is 11.3 Å². The van der Waals surface area contributed by atoms with Gasteiger partial charge >= 0.3 is 0 Å². The van der Waals surface area contributed by atoms with E-state index >= 15 is 0 Å². The van der Waals surface area contributed by atoms with Crippen molar-refractivity contribution in [2.75, 3.05) is 18.4 Å². The predicted molar refractivity (Wildman–Crippen MR) is 104 cm³/mol. The van der Waals surface area contributed by atoms with Crippen molar-refractivity contribution in [2.24, 2.45) is 0 Å². The third-order valence-electron chi connectivity index (χ3n) is 5.15. The fourth-order valence-electron chi connectivity index (χ4n) is 3.63. The van der Waals surface area contributed by atoms with Gasteiger partial charge in [0.1, 0.15) is 5.82 Å². The zero-order chi connectivity index (χ0) is 18.8. The number of fused-ring (bicyclic) bond motifs is 1. The van der Waals surface area contributed by atoms with Gasteiger partial charge in [0.05, 0.1) is 11.9 Å². The number of likely N-dealkylation sites (tertiary alicyclic amines) is 1. The van der Waals surface area contributed by atoms with Crippen LogP contribution in [0.3, 0.4) is 0 Å². The molecule has 1 unspecified atom stereocenters. The van der Waals surface area contributed by atoms with E-state index in [1.807, 2.05) is 40.9 Å². The smallest absolute Gasteiger partial charge is 0.219 e. The first-order chi connectivity index (χ1) is 13.1. The van der Waals surface area contributed by atoms with Crippen LogP contribution in [0.2, 0.25) is 0 Å². The molecule has 7 heteroatoms. The number of nitrogens with zero attached hydrogens (tertiary/aromatic N) is 5. The highest BCUT2D eigenvalue weighted by molar-refractivity contribution is 5.73. The van der Waals surface area contributed by atoms with Crippen LogP contribution in [0.15, 0.2) is 36.8 Å². The summed E-state index contributed by atoms with van der Waals surface area (Å²) in [5.74, 6) is 1.30. The van der Waals surface area contributed by atoms with Crippen LogP contribution in [0.25, 0.3) is 5.65 Å². The third kappa shape index (κ3) is 3.63. The Kier molecular flexibility index (Phi) is 4.75. The van der Waals surface area contributed by atoms with E-state index in [4.69, 9.17) is 4.98 Å². The second-order valence-corrected chi connectivity index (χ2v) is 7.15. The summed E-state index contributed by atoms with van der Waals surface area (Å²) < 4.78 is 1.85. The number of aromatic nitrogens is 4. The van der Waals surface area contributed by atoms with E-state index in [2.05, 4.69) is 21.5 Å². The molecule has 4 rings (SSSR count). The van der Waals surface area contributed by atoms with Gasteiger partial charge in [-0.15, -0.1) is 0 Å². The number of anilines is 1. The Morgan fingerprint density at radius 3 is 3.04 bits per heavy atom. The molecule has 0 radical (unpaired) electrons.